The largest absolute Gasteiger partial charge is 0.381 e. The lowest BCUT2D eigenvalue weighted by molar-refractivity contribution is -0.140. The molecule has 9 heteroatoms. The van der Waals surface area contributed by atoms with Gasteiger partial charge in [-0.3, -0.25) is 14.4 Å². The Hall–Kier alpha value is -3.46. The third-order valence-electron chi connectivity index (χ3n) is 7.95. The molecule has 2 N–H and O–H groups in total. The number of benzene rings is 1. The Bertz CT molecular complexity index is 1110. The molecule has 0 radical (unpaired) electrons. The number of allylic oxidation sites excluding steroid dienone is 2. The van der Waals surface area contributed by atoms with E-state index in [0.717, 1.165) is 5.56 Å². The van der Waals surface area contributed by atoms with Gasteiger partial charge in [0.15, 0.2) is 0 Å². The molecular formula is C28H34N4O5. The van der Waals surface area contributed by atoms with E-state index in [9.17, 15) is 14.4 Å². The first-order chi connectivity index (χ1) is 18.0. The molecule has 3 aliphatic heterocycles. The number of likely N-dealkylation sites (tertiary alicyclic amines) is 1. The van der Waals surface area contributed by atoms with Gasteiger partial charge in [0.2, 0.25) is 17.6 Å². The summed E-state index contributed by atoms with van der Waals surface area (Å²) in [6.07, 6.45) is 9.22. The highest BCUT2D eigenvalue weighted by Crippen LogP contribution is 2.36. The number of aromatic nitrogens is 1. The van der Waals surface area contributed by atoms with Crippen molar-refractivity contribution in [2.45, 2.75) is 50.6 Å². The second-order valence-electron chi connectivity index (χ2n) is 10.3. The molecule has 2 saturated heterocycles. The summed E-state index contributed by atoms with van der Waals surface area (Å²) in [4.78, 5) is 41.9. The summed E-state index contributed by atoms with van der Waals surface area (Å²) in [6, 6.07) is 10.5. The van der Waals surface area contributed by atoms with Crippen LogP contribution < -0.4 is 10.6 Å². The molecule has 3 amide bonds. The molecule has 3 aliphatic rings. The number of carbonyl (C=O) groups is 3. The normalized spacial score (nSPS) is 27.2. The number of hydrogen-bond donors (Lipinski definition) is 2. The van der Waals surface area contributed by atoms with Crippen molar-refractivity contribution in [2.75, 3.05) is 26.3 Å². The second-order valence-corrected chi connectivity index (χ2v) is 10.3. The maximum Gasteiger partial charge on any atom is 0.292 e. The molecule has 0 saturated carbocycles. The van der Waals surface area contributed by atoms with Gasteiger partial charge in [-0.05, 0) is 37.7 Å². The van der Waals surface area contributed by atoms with Gasteiger partial charge >= 0.3 is 0 Å². The van der Waals surface area contributed by atoms with Crippen molar-refractivity contribution in [1.29, 1.82) is 0 Å². The van der Waals surface area contributed by atoms with E-state index < -0.39 is 11.5 Å². The number of hydrogen-bond acceptors (Lipinski definition) is 6. The van der Waals surface area contributed by atoms with E-state index in [0.29, 0.717) is 64.8 Å². The van der Waals surface area contributed by atoms with Gasteiger partial charge in [-0.15, -0.1) is 0 Å². The Balaban J connectivity index is 1.39. The Labute approximate surface area is 216 Å². The van der Waals surface area contributed by atoms with Crippen LogP contribution in [0.2, 0.25) is 0 Å². The van der Waals surface area contributed by atoms with E-state index >= 15 is 0 Å². The first-order valence-electron chi connectivity index (χ1n) is 13.1. The Morgan fingerprint density at radius 2 is 1.89 bits per heavy atom. The van der Waals surface area contributed by atoms with E-state index in [1.54, 1.807) is 11.0 Å². The molecule has 2 aromatic rings. The summed E-state index contributed by atoms with van der Waals surface area (Å²) in [6.45, 7) is 2.06. The number of nitrogens with zero attached hydrogens (tertiary/aromatic N) is 2. The highest BCUT2D eigenvalue weighted by atomic mass is 16.5. The average molecular weight is 507 g/mol. The summed E-state index contributed by atoms with van der Waals surface area (Å²) in [5.74, 6) is -0.194. The van der Waals surface area contributed by atoms with Gasteiger partial charge in [0.25, 0.3) is 5.91 Å². The highest BCUT2D eigenvalue weighted by molar-refractivity contribution is 5.92. The third-order valence-corrected chi connectivity index (χ3v) is 7.95. The molecule has 37 heavy (non-hydrogen) atoms. The average Bonchev–Trinajstić information content (AvgIpc) is 3.47. The zero-order valence-electron chi connectivity index (χ0n) is 20.9. The van der Waals surface area contributed by atoms with Crippen molar-refractivity contribution in [3.05, 3.63) is 66.1 Å². The Morgan fingerprint density at radius 3 is 2.65 bits per heavy atom. The van der Waals surface area contributed by atoms with Crippen molar-refractivity contribution in [3.63, 3.8) is 0 Å². The molecule has 1 aromatic carbocycles. The fourth-order valence-electron chi connectivity index (χ4n) is 5.65. The number of piperidine rings is 1. The number of amides is 3. The van der Waals surface area contributed by atoms with Crippen molar-refractivity contribution >= 4 is 17.7 Å². The number of nitrogens with one attached hydrogen (secondary N) is 2. The number of carbonyl (C=O) groups excluding carboxylic acids is 3. The summed E-state index contributed by atoms with van der Waals surface area (Å²) >= 11 is 0. The minimum absolute atomic E-state index is 0.0407. The van der Waals surface area contributed by atoms with Crippen molar-refractivity contribution in [2.24, 2.45) is 11.3 Å². The molecular weight excluding hydrogens is 472 g/mol. The van der Waals surface area contributed by atoms with Gasteiger partial charge in [0, 0.05) is 50.8 Å². The topological polar surface area (TPSA) is 114 Å². The van der Waals surface area contributed by atoms with E-state index in [4.69, 9.17) is 9.26 Å². The minimum atomic E-state index is -0.687. The summed E-state index contributed by atoms with van der Waals surface area (Å²) < 4.78 is 10.6. The maximum atomic E-state index is 13.6. The molecule has 0 aliphatic carbocycles. The van der Waals surface area contributed by atoms with Gasteiger partial charge in [-0.1, -0.05) is 47.6 Å². The van der Waals surface area contributed by atoms with Crippen LogP contribution in [0.3, 0.4) is 0 Å². The third kappa shape index (κ3) is 5.77. The second kappa shape index (κ2) is 11.3. The molecule has 0 unspecified atom stereocenters. The number of fused-ring (bicyclic) bond motifs is 1. The molecule has 196 valence electrons. The number of rotatable bonds is 3. The zero-order valence-corrected chi connectivity index (χ0v) is 20.9. The van der Waals surface area contributed by atoms with Crippen LogP contribution in [-0.4, -0.2) is 66.2 Å². The summed E-state index contributed by atoms with van der Waals surface area (Å²) in [5, 5.41) is 9.99. The fourth-order valence-corrected chi connectivity index (χ4v) is 5.65. The van der Waals surface area contributed by atoms with Crippen LogP contribution in [0, 0.1) is 11.3 Å². The standard InChI is InChI=1S/C28H34N4O5/c33-25-23(18-20-6-2-1-3-7-20)31-27(35)28(12-16-36-17-13-28)11-5-4-8-21-19-32(15-10-22(21)30-25)26(34)24-9-14-29-37-24/h1-7,9,14,21-23H,8,10-13,15-19H2,(H,30,33)(H,31,35)/b5-4+/t21-,22+,23+/m1/s1. The van der Waals surface area contributed by atoms with Crippen LogP contribution in [0.1, 0.15) is 48.2 Å². The molecule has 9 nitrogen and oxygen atoms in total. The SMILES string of the molecule is O=C1N[C@H]2CCN(C(=O)c3ccno3)C[C@H]2C/C=C/CC2(CCOCC2)C(=O)N[C@H]1Cc1ccccc1. The van der Waals surface area contributed by atoms with Crippen LogP contribution in [0.25, 0.3) is 0 Å². The zero-order chi connectivity index (χ0) is 25.7. The summed E-state index contributed by atoms with van der Waals surface area (Å²) in [5.41, 5.74) is 0.392. The smallest absolute Gasteiger partial charge is 0.292 e. The monoisotopic (exact) mass is 506 g/mol. The van der Waals surface area contributed by atoms with E-state index in [1.165, 1.54) is 6.20 Å². The molecule has 1 spiro atoms. The fraction of sp³-hybridized carbons (Fsp3) is 0.500. The van der Waals surface area contributed by atoms with Gasteiger partial charge in [0.05, 0.1) is 11.6 Å². The van der Waals surface area contributed by atoms with Crippen LogP contribution in [0.5, 0.6) is 0 Å². The molecule has 2 fully saturated rings. The molecule has 0 bridgehead atoms. The first-order valence-corrected chi connectivity index (χ1v) is 13.1. The van der Waals surface area contributed by atoms with Crippen molar-refractivity contribution < 1.29 is 23.6 Å². The quantitative estimate of drug-likeness (QED) is 0.619. The predicted octanol–water partition coefficient (Wildman–Crippen LogP) is 2.50. The maximum absolute atomic E-state index is 13.6. The van der Waals surface area contributed by atoms with Crippen LogP contribution in [0.15, 0.2) is 59.3 Å². The van der Waals surface area contributed by atoms with Gasteiger partial charge < -0.3 is 24.8 Å². The predicted molar refractivity (Wildman–Crippen MR) is 135 cm³/mol. The van der Waals surface area contributed by atoms with Gasteiger partial charge in [0.1, 0.15) is 6.04 Å². The van der Waals surface area contributed by atoms with E-state index in [2.05, 4.69) is 27.9 Å². The lowest BCUT2D eigenvalue weighted by Crippen LogP contribution is -2.58. The molecule has 1 aromatic heterocycles. The van der Waals surface area contributed by atoms with E-state index in [-0.39, 0.29) is 35.4 Å². The number of ether oxygens (including phenoxy) is 1. The highest BCUT2D eigenvalue weighted by Gasteiger charge is 2.42. The lowest BCUT2D eigenvalue weighted by atomic mass is 9.75. The summed E-state index contributed by atoms with van der Waals surface area (Å²) in [7, 11) is 0. The van der Waals surface area contributed by atoms with Gasteiger partial charge in [-0.2, -0.15) is 0 Å². The first kappa shape index (κ1) is 25.2. The van der Waals surface area contributed by atoms with E-state index in [1.807, 2.05) is 30.3 Å². The van der Waals surface area contributed by atoms with Crippen molar-refractivity contribution in [1.82, 2.24) is 20.7 Å². The van der Waals surface area contributed by atoms with Crippen LogP contribution in [-0.2, 0) is 20.7 Å². The van der Waals surface area contributed by atoms with Crippen LogP contribution in [0.4, 0.5) is 0 Å². The minimum Gasteiger partial charge on any atom is -0.381 e. The Morgan fingerprint density at radius 1 is 1.08 bits per heavy atom. The lowest BCUT2D eigenvalue weighted by Gasteiger charge is -2.40. The van der Waals surface area contributed by atoms with Gasteiger partial charge in [-0.25, -0.2) is 0 Å². The Kier molecular flexibility index (Phi) is 7.69. The molecule has 4 heterocycles. The molecule has 3 atom stereocenters. The van der Waals surface area contributed by atoms with Crippen molar-refractivity contribution in [3.8, 4) is 0 Å². The van der Waals surface area contributed by atoms with Crippen LogP contribution >= 0.6 is 0 Å². The molecule has 5 rings (SSSR count).